The van der Waals surface area contributed by atoms with Gasteiger partial charge < -0.3 is 9.30 Å². The van der Waals surface area contributed by atoms with E-state index >= 15 is 0 Å². The van der Waals surface area contributed by atoms with E-state index < -0.39 is 0 Å². The Hall–Kier alpha value is -2.57. The van der Waals surface area contributed by atoms with Gasteiger partial charge in [0.1, 0.15) is 6.10 Å². The van der Waals surface area contributed by atoms with Gasteiger partial charge >= 0.3 is 5.69 Å². The number of fused-ring (bicyclic) bond motifs is 1. The van der Waals surface area contributed by atoms with Gasteiger partial charge in [-0.1, -0.05) is 0 Å². The van der Waals surface area contributed by atoms with Crippen molar-refractivity contribution in [1.82, 2.24) is 18.7 Å². The molecule has 22 heavy (non-hydrogen) atoms. The molecule has 2 aromatic rings. The van der Waals surface area contributed by atoms with Crippen LogP contribution in [0.3, 0.4) is 0 Å². The molecule has 0 amide bonds. The van der Waals surface area contributed by atoms with Crippen molar-refractivity contribution in [2.45, 2.75) is 26.5 Å². The van der Waals surface area contributed by atoms with Gasteiger partial charge in [0.25, 0.3) is 5.56 Å². The van der Waals surface area contributed by atoms with Gasteiger partial charge in [0.2, 0.25) is 0 Å². The van der Waals surface area contributed by atoms with Crippen molar-refractivity contribution < 1.29 is 4.74 Å². The summed E-state index contributed by atoms with van der Waals surface area (Å²) in [6, 6.07) is 0. The molecule has 116 valence electrons. The summed E-state index contributed by atoms with van der Waals surface area (Å²) in [5.41, 5.74) is 2.17. The van der Waals surface area contributed by atoms with Crippen LogP contribution in [0.2, 0.25) is 0 Å². The molecule has 0 spiro atoms. The molecule has 0 saturated carbocycles. The number of hydrogen-bond acceptors (Lipinski definition) is 4. The van der Waals surface area contributed by atoms with Crippen molar-refractivity contribution in [3.8, 4) is 0 Å². The molecule has 1 atom stereocenters. The van der Waals surface area contributed by atoms with E-state index in [4.69, 9.17) is 4.74 Å². The Kier molecular flexibility index (Phi) is 3.27. The molecule has 0 saturated heterocycles. The fourth-order valence-electron chi connectivity index (χ4n) is 2.63. The molecule has 0 radical (unpaired) electrons. The van der Waals surface area contributed by atoms with Gasteiger partial charge in [-0.15, -0.1) is 0 Å². The normalized spacial score (nSPS) is 18.1. The summed E-state index contributed by atoms with van der Waals surface area (Å²) in [7, 11) is 3.35. The molecule has 2 aromatic heterocycles. The Labute approximate surface area is 126 Å². The van der Waals surface area contributed by atoms with Crippen molar-refractivity contribution in [3.05, 3.63) is 50.6 Å². The second-order valence-corrected chi connectivity index (χ2v) is 5.58. The zero-order valence-electron chi connectivity index (χ0n) is 13.0. The molecule has 0 fully saturated rings. The third-order valence-corrected chi connectivity index (χ3v) is 4.22. The number of aromatic nitrogens is 4. The molecule has 3 rings (SSSR count). The third kappa shape index (κ3) is 2.01. The summed E-state index contributed by atoms with van der Waals surface area (Å²) in [5.74, 6) is 0. The first-order valence-corrected chi connectivity index (χ1v) is 7.02. The van der Waals surface area contributed by atoms with Crippen LogP contribution in [0.25, 0.3) is 11.2 Å². The van der Waals surface area contributed by atoms with Gasteiger partial charge in [-0.25, -0.2) is 9.78 Å². The first kappa shape index (κ1) is 14.4. The number of imidazole rings is 1. The van der Waals surface area contributed by atoms with Gasteiger partial charge in [-0.3, -0.25) is 13.9 Å². The molecule has 0 aliphatic carbocycles. The van der Waals surface area contributed by atoms with E-state index in [0.717, 1.165) is 11.1 Å². The largest absolute Gasteiger partial charge is 0.492 e. The van der Waals surface area contributed by atoms with Gasteiger partial charge in [-0.05, 0) is 31.1 Å². The molecular weight excluding hydrogens is 284 g/mol. The van der Waals surface area contributed by atoms with Crippen LogP contribution in [0.4, 0.5) is 0 Å². The van der Waals surface area contributed by atoms with E-state index in [-0.39, 0.29) is 23.9 Å². The Morgan fingerprint density at radius 1 is 1.27 bits per heavy atom. The Bertz CT molecular complexity index is 927. The minimum Gasteiger partial charge on any atom is -0.492 e. The van der Waals surface area contributed by atoms with Crippen molar-refractivity contribution >= 4 is 11.2 Å². The molecule has 1 unspecified atom stereocenters. The van der Waals surface area contributed by atoms with Crippen LogP contribution >= 0.6 is 0 Å². The highest BCUT2D eigenvalue weighted by molar-refractivity contribution is 5.69. The smallest absolute Gasteiger partial charge is 0.332 e. The summed E-state index contributed by atoms with van der Waals surface area (Å²) in [5, 5.41) is 0. The fraction of sp³-hybridized carbons (Fsp3) is 0.400. The Morgan fingerprint density at radius 3 is 2.73 bits per heavy atom. The van der Waals surface area contributed by atoms with Gasteiger partial charge in [0, 0.05) is 14.1 Å². The van der Waals surface area contributed by atoms with Crippen molar-refractivity contribution in [2.75, 3.05) is 0 Å². The third-order valence-electron chi connectivity index (χ3n) is 4.22. The summed E-state index contributed by atoms with van der Waals surface area (Å²) < 4.78 is 9.80. The predicted octanol–water partition coefficient (Wildman–Crippen LogP) is 0.683. The van der Waals surface area contributed by atoms with E-state index in [1.807, 2.05) is 19.9 Å². The van der Waals surface area contributed by atoms with Crippen molar-refractivity contribution in [3.63, 3.8) is 0 Å². The first-order valence-electron chi connectivity index (χ1n) is 7.02. The lowest BCUT2D eigenvalue weighted by Gasteiger charge is -2.23. The summed E-state index contributed by atoms with van der Waals surface area (Å²) in [6.45, 7) is 4.11. The van der Waals surface area contributed by atoms with Crippen LogP contribution in [0.5, 0.6) is 0 Å². The summed E-state index contributed by atoms with van der Waals surface area (Å²) in [4.78, 5) is 29.2. The van der Waals surface area contributed by atoms with E-state index in [9.17, 15) is 9.59 Å². The second-order valence-electron chi connectivity index (χ2n) is 5.58. The predicted molar refractivity (Wildman–Crippen MR) is 82.6 cm³/mol. The van der Waals surface area contributed by atoms with Crippen LogP contribution in [-0.4, -0.2) is 24.8 Å². The standard InChI is InChI=1S/C15H18N4O3/c1-9-5-6-22-11(10(9)2)7-19-14(20)12-13(16-8-17(12)3)18(4)15(19)21/h5-6,8,11H,7H2,1-4H3. The van der Waals surface area contributed by atoms with Crippen LogP contribution in [0.15, 0.2) is 39.4 Å². The van der Waals surface area contributed by atoms with Crippen LogP contribution < -0.4 is 11.2 Å². The molecule has 1 aliphatic heterocycles. The zero-order valence-corrected chi connectivity index (χ0v) is 13.0. The minimum absolute atomic E-state index is 0.181. The van der Waals surface area contributed by atoms with Gasteiger partial charge in [-0.2, -0.15) is 0 Å². The Morgan fingerprint density at radius 2 is 2.00 bits per heavy atom. The maximum atomic E-state index is 12.6. The molecule has 0 N–H and O–H groups in total. The molecule has 0 aromatic carbocycles. The highest BCUT2D eigenvalue weighted by Crippen LogP contribution is 2.19. The van der Waals surface area contributed by atoms with E-state index in [1.54, 1.807) is 24.9 Å². The average Bonchev–Trinajstić information content (AvgIpc) is 2.87. The second kappa shape index (κ2) is 5.01. The SMILES string of the molecule is CC1=C(C)C(Cn2c(=O)c3c(ncn3C)n(C)c2=O)OC=C1. The Balaban J connectivity index is 2.16. The number of rotatable bonds is 2. The van der Waals surface area contributed by atoms with Crippen molar-refractivity contribution in [1.29, 1.82) is 0 Å². The quantitative estimate of drug-likeness (QED) is 0.818. The maximum absolute atomic E-state index is 12.6. The zero-order chi connectivity index (χ0) is 16.0. The lowest BCUT2D eigenvalue weighted by atomic mass is 10.0. The van der Waals surface area contributed by atoms with Crippen LogP contribution in [0.1, 0.15) is 13.8 Å². The molecule has 3 heterocycles. The summed E-state index contributed by atoms with van der Waals surface area (Å²) >= 11 is 0. The molecule has 0 bridgehead atoms. The average molecular weight is 302 g/mol. The number of nitrogens with zero attached hydrogens (tertiary/aromatic N) is 4. The molecule has 7 heteroatoms. The summed E-state index contributed by atoms with van der Waals surface area (Å²) in [6.07, 6.45) is 4.69. The molecular formula is C15H18N4O3. The van der Waals surface area contributed by atoms with Gasteiger partial charge in [0.05, 0.1) is 19.1 Å². The molecule has 7 nitrogen and oxygen atoms in total. The number of ether oxygens (including phenoxy) is 1. The minimum atomic E-state index is -0.389. The van der Waals surface area contributed by atoms with E-state index in [0.29, 0.717) is 11.2 Å². The maximum Gasteiger partial charge on any atom is 0.332 e. The number of hydrogen-bond donors (Lipinski definition) is 0. The molecule has 1 aliphatic rings. The van der Waals surface area contributed by atoms with E-state index in [1.165, 1.54) is 15.5 Å². The highest BCUT2D eigenvalue weighted by Gasteiger charge is 2.21. The number of aryl methyl sites for hydroxylation is 2. The lowest BCUT2D eigenvalue weighted by Crippen LogP contribution is -2.42. The van der Waals surface area contributed by atoms with Gasteiger partial charge in [0.15, 0.2) is 11.2 Å². The lowest BCUT2D eigenvalue weighted by molar-refractivity contribution is 0.149. The fourth-order valence-corrected chi connectivity index (χ4v) is 2.63. The van der Waals surface area contributed by atoms with Crippen molar-refractivity contribution in [2.24, 2.45) is 14.1 Å². The highest BCUT2D eigenvalue weighted by atomic mass is 16.5. The van der Waals surface area contributed by atoms with Crippen LogP contribution in [0, 0.1) is 0 Å². The topological polar surface area (TPSA) is 71.0 Å². The monoisotopic (exact) mass is 302 g/mol. The first-order chi connectivity index (χ1) is 10.4. The van der Waals surface area contributed by atoms with E-state index in [2.05, 4.69) is 4.98 Å². The van der Waals surface area contributed by atoms with Crippen LogP contribution in [-0.2, 0) is 25.4 Å². The number of allylic oxidation sites excluding steroid dienone is 2.